The lowest BCUT2D eigenvalue weighted by Crippen LogP contribution is -2.47. The third kappa shape index (κ3) is 7.02. The van der Waals surface area contributed by atoms with Gasteiger partial charge in [0.2, 0.25) is 5.78 Å². The van der Waals surface area contributed by atoms with Crippen LogP contribution >= 0.6 is 0 Å². The molecule has 2 atom stereocenters. The number of aryl methyl sites for hydroxylation is 2. The van der Waals surface area contributed by atoms with Gasteiger partial charge in [-0.1, -0.05) is 56.2 Å². The second-order valence-corrected chi connectivity index (χ2v) is 8.04. The largest absolute Gasteiger partial charge is 0.508 e. The molecule has 32 heavy (non-hydrogen) atoms. The van der Waals surface area contributed by atoms with Crippen LogP contribution in [-0.2, 0) is 11.2 Å². The number of carbonyl (C=O) groups excluding carboxylic acids is 2. The highest BCUT2D eigenvalue weighted by atomic mass is 16.3. The van der Waals surface area contributed by atoms with Crippen molar-refractivity contribution in [2.75, 3.05) is 13.7 Å². The monoisotopic (exact) mass is 438 g/mol. The van der Waals surface area contributed by atoms with Crippen LogP contribution in [-0.4, -0.2) is 47.3 Å². The molecule has 1 saturated carbocycles. The molecular formula is C26H34N2O4. The van der Waals surface area contributed by atoms with E-state index in [2.05, 4.69) is 17.2 Å². The Morgan fingerprint density at radius 3 is 2.31 bits per heavy atom. The standard InChI is InChI=1S/C18H24N2O3.C8H10O/c1-12-7-3-5-9-14(12)17(22)16(19-2)18(23)20-15-10-6-4-8-13(15)11-21;1-2-7-3-5-8(9)6-4-7/h3,5,7,9,13,15,21H,4,6,8,10-11H2,1-2H3,(H,20,23);3-6,9H,2H2,1H3/t13-,15?;/m1./s1. The quantitative estimate of drug-likeness (QED) is 0.362. The summed E-state index contributed by atoms with van der Waals surface area (Å²) in [5.74, 6) is -0.419. The maximum absolute atomic E-state index is 12.6. The van der Waals surface area contributed by atoms with Crippen molar-refractivity contribution in [2.45, 2.75) is 52.0 Å². The van der Waals surface area contributed by atoms with Gasteiger partial charge in [-0.3, -0.25) is 14.6 Å². The molecule has 1 fully saturated rings. The van der Waals surface area contributed by atoms with Gasteiger partial charge in [0.1, 0.15) is 5.75 Å². The van der Waals surface area contributed by atoms with Crippen molar-refractivity contribution < 1.29 is 19.8 Å². The van der Waals surface area contributed by atoms with Crippen molar-refractivity contribution >= 4 is 17.4 Å². The smallest absolute Gasteiger partial charge is 0.273 e. The first-order valence-corrected chi connectivity index (χ1v) is 11.2. The molecular weight excluding hydrogens is 404 g/mol. The molecule has 6 nitrogen and oxygen atoms in total. The molecule has 3 rings (SSSR count). The highest BCUT2D eigenvalue weighted by Gasteiger charge is 2.29. The molecule has 0 radical (unpaired) electrons. The van der Waals surface area contributed by atoms with Crippen molar-refractivity contribution in [2.24, 2.45) is 10.9 Å². The van der Waals surface area contributed by atoms with Crippen LogP contribution in [0.5, 0.6) is 5.75 Å². The van der Waals surface area contributed by atoms with Gasteiger partial charge in [0.25, 0.3) is 5.91 Å². The number of rotatable bonds is 6. The molecule has 2 aromatic carbocycles. The number of aromatic hydroxyl groups is 1. The number of aliphatic imine (C=N–C) groups is 1. The number of carbonyl (C=O) groups is 2. The lowest BCUT2D eigenvalue weighted by molar-refractivity contribution is -0.116. The van der Waals surface area contributed by atoms with Crippen LogP contribution in [0.15, 0.2) is 53.5 Å². The predicted octanol–water partition coefficient (Wildman–Crippen LogP) is 3.87. The van der Waals surface area contributed by atoms with E-state index < -0.39 is 5.91 Å². The van der Waals surface area contributed by atoms with Crippen LogP contribution < -0.4 is 5.32 Å². The number of aliphatic hydroxyl groups excluding tert-OH is 1. The summed E-state index contributed by atoms with van der Waals surface area (Å²) in [5, 5.41) is 21.2. The van der Waals surface area contributed by atoms with E-state index in [4.69, 9.17) is 5.11 Å². The number of aliphatic hydroxyl groups is 1. The maximum Gasteiger partial charge on any atom is 0.273 e. The van der Waals surface area contributed by atoms with Gasteiger partial charge in [0.05, 0.1) is 0 Å². The molecule has 172 valence electrons. The zero-order valence-electron chi connectivity index (χ0n) is 19.2. The van der Waals surface area contributed by atoms with Crippen molar-refractivity contribution in [3.8, 4) is 5.75 Å². The number of nitrogens with zero attached hydrogens (tertiary/aromatic N) is 1. The lowest BCUT2D eigenvalue weighted by Gasteiger charge is -2.30. The summed E-state index contributed by atoms with van der Waals surface area (Å²) >= 11 is 0. The van der Waals surface area contributed by atoms with Gasteiger partial charge in [0.15, 0.2) is 5.71 Å². The maximum atomic E-state index is 12.6. The Kier molecular flexibility index (Phi) is 10.1. The second kappa shape index (κ2) is 12.8. The SMILES string of the molecule is CCc1ccc(O)cc1.CN=C(C(=O)NC1CCCC[C@@H]1CO)C(=O)c1ccccc1C. The number of ketones is 1. The fourth-order valence-corrected chi connectivity index (χ4v) is 3.85. The number of benzene rings is 2. The normalized spacial score (nSPS) is 18.3. The predicted molar refractivity (Wildman–Crippen MR) is 127 cm³/mol. The minimum Gasteiger partial charge on any atom is -0.508 e. The fourth-order valence-electron chi connectivity index (χ4n) is 3.85. The Morgan fingerprint density at radius 1 is 1.06 bits per heavy atom. The highest BCUT2D eigenvalue weighted by Crippen LogP contribution is 2.24. The Bertz CT molecular complexity index is 922. The zero-order valence-corrected chi connectivity index (χ0v) is 19.2. The van der Waals surface area contributed by atoms with Crippen LogP contribution in [0, 0.1) is 12.8 Å². The van der Waals surface area contributed by atoms with Crippen LogP contribution in [0.4, 0.5) is 0 Å². The summed E-state index contributed by atoms with van der Waals surface area (Å²) < 4.78 is 0. The summed E-state index contributed by atoms with van der Waals surface area (Å²) in [7, 11) is 1.45. The summed E-state index contributed by atoms with van der Waals surface area (Å²) in [6.07, 6.45) is 4.83. The molecule has 0 aliphatic heterocycles. The van der Waals surface area contributed by atoms with Crippen LogP contribution in [0.25, 0.3) is 0 Å². The van der Waals surface area contributed by atoms with Crippen molar-refractivity contribution in [1.29, 1.82) is 0 Å². The molecule has 0 heterocycles. The Balaban J connectivity index is 0.000000336. The van der Waals surface area contributed by atoms with Gasteiger partial charge >= 0.3 is 0 Å². The Labute approximate surface area is 190 Å². The third-order valence-electron chi connectivity index (χ3n) is 5.85. The number of nitrogens with one attached hydrogen (secondary N) is 1. The molecule has 0 spiro atoms. The number of Topliss-reactive ketones (excluding diaryl/α,β-unsaturated/α-hetero) is 1. The van der Waals surface area contributed by atoms with Crippen LogP contribution in [0.1, 0.15) is 54.1 Å². The van der Waals surface area contributed by atoms with Gasteiger partial charge in [-0.2, -0.15) is 0 Å². The molecule has 0 bridgehead atoms. The van der Waals surface area contributed by atoms with E-state index in [1.54, 1.807) is 24.3 Å². The van der Waals surface area contributed by atoms with Crippen molar-refractivity contribution in [3.05, 3.63) is 65.2 Å². The fraction of sp³-hybridized carbons (Fsp3) is 0.423. The van der Waals surface area contributed by atoms with Gasteiger partial charge in [-0.15, -0.1) is 0 Å². The molecule has 1 aliphatic carbocycles. The van der Waals surface area contributed by atoms with Gasteiger partial charge < -0.3 is 15.5 Å². The first-order valence-electron chi connectivity index (χ1n) is 11.2. The summed E-state index contributed by atoms with van der Waals surface area (Å²) in [4.78, 5) is 29.0. The second-order valence-electron chi connectivity index (χ2n) is 8.04. The molecule has 3 N–H and O–H groups in total. The first kappa shape index (κ1) is 25.3. The average molecular weight is 439 g/mol. The number of phenolic OH excluding ortho intramolecular Hbond substituents is 1. The number of phenols is 1. The van der Waals surface area contributed by atoms with E-state index in [1.165, 1.54) is 12.6 Å². The van der Waals surface area contributed by atoms with E-state index in [1.807, 2.05) is 31.2 Å². The van der Waals surface area contributed by atoms with Crippen molar-refractivity contribution in [3.63, 3.8) is 0 Å². The van der Waals surface area contributed by atoms with E-state index in [-0.39, 0.29) is 30.1 Å². The number of hydrogen-bond donors (Lipinski definition) is 3. The molecule has 1 unspecified atom stereocenters. The summed E-state index contributed by atoms with van der Waals surface area (Å²) in [6.45, 7) is 3.98. The molecule has 2 aromatic rings. The number of amides is 1. The lowest BCUT2D eigenvalue weighted by atomic mass is 9.85. The van der Waals surface area contributed by atoms with Gasteiger partial charge in [-0.25, -0.2) is 0 Å². The van der Waals surface area contributed by atoms with E-state index in [9.17, 15) is 14.7 Å². The third-order valence-corrected chi connectivity index (χ3v) is 5.85. The molecule has 1 amide bonds. The molecule has 0 aromatic heterocycles. The Hall–Kier alpha value is -2.99. The Morgan fingerprint density at radius 2 is 1.72 bits per heavy atom. The van der Waals surface area contributed by atoms with Crippen molar-refractivity contribution in [1.82, 2.24) is 5.32 Å². The minimum atomic E-state index is -0.453. The zero-order chi connectivity index (χ0) is 23.5. The summed E-state index contributed by atoms with van der Waals surface area (Å²) in [5.41, 5.74) is 2.48. The average Bonchev–Trinajstić information content (AvgIpc) is 2.81. The van der Waals surface area contributed by atoms with E-state index in [0.717, 1.165) is 37.7 Å². The van der Waals surface area contributed by atoms with E-state index >= 15 is 0 Å². The van der Waals surface area contributed by atoms with Crippen LogP contribution in [0.3, 0.4) is 0 Å². The molecule has 1 aliphatic rings. The molecule has 0 saturated heterocycles. The van der Waals surface area contributed by atoms with E-state index in [0.29, 0.717) is 11.3 Å². The number of hydrogen-bond acceptors (Lipinski definition) is 5. The minimum absolute atomic E-state index is 0.0509. The topological polar surface area (TPSA) is 99.0 Å². The van der Waals surface area contributed by atoms with Gasteiger partial charge in [0, 0.05) is 31.2 Å². The van der Waals surface area contributed by atoms with Crippen LogP contribution in [0.2, 0.25) is 0 Å². The van der Waals surface area contributed by atoms with Gasteiger partial charge in [-0.05, 0) is 49.4 Å². The molecule has 6 heteroatoms. The highest BCUT2D eigenvalue weighted by molar-refractivity contribution is 6.68. The first-order chi connectivity index (χ1) is 15.4. The summed E-state index contributed by atoms with van der Waals surface area (Å²) in [6, 6.07) is 14.3.